The van der Waals surface area contributed by atoms with Crippen molar-refractivity contribution in [2.75, 3.05) is 26.8 Å². The van der Waals surface area contributed by atoms with E-state index in [4.69, 9.17) is 10.5 Å². The van der Waals surface area contributed by atoms with E-state index in [0.717, 1.165) is 13.1 Å². The highest BCUT2D eigenvalue weighted by molar-refractivity contribution is 5.81. The zero-order chi connectivity index (χ0) is 11.6. The minimum atomic E-state index is -0.401. The van der Waals surface area contributed by atoms with Crippen LogP contribution in [0.25, 0.3) is 0 Å². The van der Waals surface area contributed by atoms with Crippen LogP contribution >= 0.6 is 0 Å². The Bertz CT molecular complexity index is 239. The fourth-order valence-corrected chi connectivity index (χ4v) is 2.13. The first kappa shape index (κ1) is 12.5. The highest BCUT2D eigenvalue weighted by Gasteiger charge is 2.41. The van der Waals surface area contributed by atoms with Gasteiger partial charge in [-0.1, -0.05) is 13.8 Å². The van der Waals surface area contributed by atoms with E-state index >= 15 is 0 Å². The zero-order valence-electron chi connectivity index (χ0n) is 10.1. The van der Waals surface area contributed by atoms with Gasteiger partial charge in [0.1, 0.15) is 0 Å². The average Bonchev–Trinajstić information content (AvgIpc) is 2.41. The Balaban J connectivity index is 2.65. The average molecular weight is 214 g/mol. The number of rotatable bonds is 3. The minimum Gasteiger partial charge on any atom is -0.384 e. The molecule has 0 aromatic rings. The van der Waals surface area contributed by atoms with Crippen molar-refractivity contribution in [3.05, 3.63) is 0 Å². The molecule has 4 heteroatoms. The van der Waals surface area contributed by atoms with Crippen LogP contribution in [0, 0.1) is 11.3 Å². The highest BCUT2D eigenvalue weighted by atomic mass is 16.5. The number of hydrogen-bond acceptors (Lipinski definition) is 3. The van der Waals surface area contributed by atoms with Crippen LogP contribution in [0.5, 0.6) is 0 Å². The largest absolute Gasteiger partial charge is 0.384 e. The van der Waals surface area contributed by atoms with E-state index in [1.807, 2.05) is 4.90 Å². The molecule has 0 aromatic heterocycles. The third-order valence-electron chi connectivity index (χ3n) is 3.21. The molecule has 0 saturated carbocycles. The lowest BCUT2D eigenvalue weighted by Crippen LogP contribution is -2.41. The molecule has 0 unspecified atom stereocenters. The third-order valence-corrected chi connectivity index (χ3v) is 3.21. The monoisotopic (exact) mass is 214 g/mol. The summed E-state index contributed by atoms with van der Waals surface area (Å²) >= 11 is 0. The third kappa shape index (κ3) is 2.69. The molecule has 1 rings (SSSR count). The number of methoxy groups -OCH3 is 1. The standard InChI is InChI=1S/C11H22N2O2/c1-8(12)10(14)13-5-9(6-15-4)11(2,3)7-13/h8-9H,5-7,12H2,1-4H3/t8-,9+/m0/s1. The molecule has 1 saturated heterocycles. The molecular weight excluding hydrogens is 192 g/mol. The molecule has 15 heavy (non-hydrogen) atoms. The summed E-state index contributed by atoms with van der Waals surface area (Å²) in [6.45, 7) is 8.33. The molecule has 0 spiro atoms. The molecule has 1 heterocycles. The van der Waals surface area contributed by atoms with Crippen LogP contribution in [-0.4, -0.2) is 43.7 Å². The summed E-state index contributed by atoms with van der Waals surface area (Å²) < 4.78 is 5.18. The Hall–Kier alpha value is -0.610. The van der Waals surface area contributed by atoms with Crippen LogP contribution in [0.4, 0.5) is 0 Å². The number of likely N-dealkylation sites (tertiary alicyclic amines) is 1. The van der Waals surface area contributed by atoms with Gasteiger partial charge < -0.3 is 15.4 Å². The van der Waals surface area contributed by atoms with E-state index in [2.05, 4.69) is 13.8 Å². The first-order valence-electron chi connectivity index (χ1n) is 5.42. The first-order valence-corrected chi connectivity index (χ1v) is 5.42. The van der Waals surface area contributed by atoms with Crippen molar-refractivity contribution < 1.29 is 9.53 Å². The van der Waals surface area contributed by atoms with Crippen LogP contribution in [0.1, 0.15) is 20.8 Å². The van der Waals surface area contributed by atoms with Crippen molar-refractivity contribution >= 4 is 5.91 Å². The topological polar surface area (TPSA) is 55.6 Å². The Labute approximate surface area is 91.8 Å². The van der Waals surface area contributed by atoms with Crippen molar-refractivity contribution in [2.24, 2.45) is 17.1 Å². The maximum atomic E-state index is 11.7. The van der Waals surface area contributed by atoms with Gasteiger partial charge in [0.25, 0.3) is 0 Å². The second-order valence-electron chi connectivity index (χ2n) is 5.15. The lowest BCUT2D eigenvalue weighted by molar-refractivity contribution is -0.131. The van der Waals surface area contributed by atoms with Gasteiger partial charge in [0.2, 0.25) is 5.91 Å². The van der Waals surface area contributed by atoms with Crippen molar-refractivity contribution in [3.63, 3.8) is 0 Å². The molecule has 1 aliphatic rings. The number of nitrogens with zero attached hydrogens (tertiary/aromatic N) is 1. The number of carbonyl (C=O) groups excluding carboxylic acids is 1. The number of nitrogens with two attached hydrogens (primary N) is 1. The molecule has 0 aliphatic carbocycles. The predicted molar refractivity (Wildman–Crippen MR) is 59.4 cm³/mol. The molecule has 2 N–H and O–H groups in total. The van der Waals surface area contributed by atoms with Gasteiger partial charge in [-0.25, -0.2) is 0 Å². The minimum absolute atomic E-state index is 0.0432. The molecule has 1 fully saturated rings. The summed E-state index contributed by atoms with van der Waals surface area (Å²) in [7, 11) is 1.70. The molecule has 1 amide bonds. The van der Waals surface area contributed by atoms with E-state index in [9.17, 15) is 4.79 Å². The van der Waals surface area contributed by atoms with Gasteiger partial charge in [0.05, 0.1) is 12.6 Å². The molecule has 88 valence electrons. The maximum absolute atomic E-state index is 11.7. The van der Waals surface area contributed by atoms with Gasteiger partial charge in [-0.05, 0) is 12.3 Å². The van der Waals surface area contributed by atoms with Crippen molar-refractivity contribution in [3.8, 4) is 0 Å². The van der Waals surface area contributed by atoms with Crippen LogP contribution in [-0.2, 0) is 9.53 Å². The zero-order valence-corrected chi connectivity index (χ0v) is 10.1. The number of amides is 1. The summed E-state index contributed by atoms with van der Waals surface area (Å²) in [5, 5.41) is 0. The van der Waals surface area contributed by atoms with Crippen LogP contribution in [0.2, 0.25) is 0 Å². The lowest BCUT2D eigenvalue weighted by Gasteiger charge is -2.24. The molecule has 0 radical (unpaired) electrons. The van der Waals surface area contributed by atoms with E-state index < -0.39 is 6.04 Å². The second kappa shape index (κ2) is 4.49. The van der Waals surface area contributed by atoms with E-state index in [-0.39, 0.29) is 11.3 Å². The van der Waals surface area contributed by atoms with E-state index in [0.29, 0.717) is 12.5 Å². The molecule has 2 atom stereocenters. The number of carbonyl (C=O) groups is 1. The van der Waals surface area contributed by atoms with Gasteiger partial charge in [0.15, 0.2) is 0 Å². The smallest absolute Gasteiger partial charge is 0.239 e. The van der Waals surface area contributed by atoms with Gasteiger partial charge in [-0.2, -0.15) is 0 Å². The fraction of sp³-hybridized carbons (Fsp3) is 0.909. The quantitative estimate of drug-likeness (QED) is 0.743. The molecule has 0 bridgehead atoms. The summed E-state index contributed by atoms with van der Waals surface area (Å²) in [6.07, 6.45) is 0. The maximum Gasteiger partial charge on any atom is 0.239 e. The van der Waals surface area contributed by atoms with Crippen molar-refractivity contribution in [1.82, 2.24) is 4.90 Å². The van der Waals surface area contributed by atoms with Gasteiger partial charge in [-0.3, -0.25) is 4.79 Å². The molecule has 1 aliphatic heterocycles. The lowest BCUT2D eigenvalue weighted by atomic mass is 9.83. The van der Waals surface area contributed by atoms with Gasteiger partial charge in [-0.15, -0.1) is 0 Å². The van der Waals surface area contributed by atoms with Crippen LogP contribution in [0.3, 0.4) is 0 Å². The van der Waals surface area contributed by atoms with Crippen molar-refractivity contribution in [1.29, 1.82) is 0 Å². The summed E-state index contributed by atoms with van der Waals surface area (Å²) in [5.74, 6) is 0.451. The van der Waals surface area contributed by atoms with Crippen molar-refractivity contribution in [2.45, 2.75) is 26.8 Å². The summed E-state index contributed by atoms with van der Waals surface area (Å²) in [5.41, 5.74) is 5.73. The number of hydrogen-bond donors (Lipinski definition) is 1. The molecule has 0 aromatic carbocycles. The molecular formula is C11H22N2O2. The van der Waals surface area contributed by atoms with Crippen LogP contribution < -0.4 is 5.73 Å². The highest BCUT2D eigenvalue weighted by Crippen LogP contribution is 2.35. The second-order valence-corrected chi connectivity index (χ2v) is 5.15. The SMILES string of the molecule is COC[C@H]1CN(C(=O)[C@H](C)N)CC1(C)C. The van der Waals surface area contributed by atoms with E-state index in [1.54, 1.807) is 14.0 Å². The van der Waals surface area contributed by atoms with Gasteiger partial charge in [0, 0.05) is 26.1 Å². The number of ether oxygens (including phenoxy) is 1. The Kier molecular flexibility index (Phi) is 3.73. The Morgan fingerprint density at radius 1 is 1.67 bits per heavy atom. The first-order chi connectivity index (χ1) is 6.88. The fourth-order valence-electron chi connectivity index (χ4n) is 2.13. The Morgan fingerprint density at radius 2 is 2.27 bits per heavy atom. The van der Waals surface area contributed by atoms with E-state index in [1.165, 1.54) is 0 Å². The van der Waals surface area contributed by atoms with Gasteiger partial charge >= 0.3 is 0 Å². The summed E-state index contributed by atoms with van der Waals surface area (Å²) in [6, 6.07) is -0.401. The molecule has 4 nitrogen and oxygen atoms in total. The predicted octanol–water partition coefficient (Wildman–Crippen LogP) is 0.465. The normalized spacial score (nSPS) is 26.7. The Morgan fingerprint density at radius 3 is 2.73 bits per heavy atom. The summed E-state index contributed by atoms with van der Waals surface area (Å²) in [4.78, 5) is 13.6. The van der Waals surface area contributed by atoms with Crippen LogP contribution in [0.15, 0.2) is 0 Å².